The third-order valence-corrected chi connectivity index (χ3v) is 9.40. The second-order valence-electron chi connectivity index (χ2n) is 6.77. The lowest BCUT2D eigenvalue weighted by atomic mass is 10.1. The number of allylic oxidation sites excluding steroid dienone is 1. The molecule has 1 fully saturated rings. The topological polar surface area (TPSA) is 26.3 Å². The molecular weight excluding hydrogens is 252 g/mol. The Balaban J connectivity index is 3.07. The van der Waals surface area contributed by atoms with Crippen LogP contribution in [0.3, 0.4) is 0 Å². The van der Waals surface area contributed by atoms with Crippen LogP contribution in [0, 0.1) is 5.92 Å². The van der Waals surface area contributed by atoms with Crippen LogP contribution in [0.25, 0.3) is 0 Å². The molecule has 0 aromatic heterocycles. The molecule has 0 unspecified atom stereocenters. The van der Waals surface area contributed by atoms with E-state index in [1.165, 1.54) is 36.5 Å². The Morgan fingerprint density at radius 2 is 1.58 bits per heavy atom. The molecule has 0 saturated carbocycles. The van der Waals surface area contributed by atoms with Crippen LogP contribution < -0.4 is 0 Å². The summed E-state index contributed by atoms with van der Waals surface area (Å²) in [6.45, 7) is 12.7. The first-order valence-electron chi connectivity index (χ1n) is 7.70. The quantitative estimate of drug-likeness (QED) is 0.424. The summed E-state index contributed by atoms with van der Waals surface area (Å²) < 4.78 is 5.40. The summed E-state index contributed by atoms with van der Waals surface area (Å²) in [6.07, 6.45) is 4.01. The van der Waals surface area contributed by atoms with Gasteiger partial charge < -0.3 is 4.74 Å². The van der Waals surface area contributed by atoms with Gasteiger partial charge in [0.25, 0.3) is 0 Å². The number of rotatable bonds is 4. The highest BCUT2D eigenvalue weighted by Crippen LogP contribution is 2.38. The summed E-state index contributed by atoms with van der Waals surface area (Å²) >= 11 is 0. The van der Waals surface area contributed by atoms with Crippen molar-refractivity contribution < 1.29 is 9.53 Å². The molecule has 2 nitrogen and oxygen atoms in total. The molecule has 1 aliphatic heterocycles. The standard InChI is InChI=1S/C16H30O2Si/c1-12(2)15(14(5)16(17)18-13(3)4)19(6)10-8-7-9-11-19/h12-13H,7-11H2,1-6H3. The molecule has 0 aliphatic carbocycles. The molecule has 0 N–H and O–H groups in total. The predicted octanol–water partition coefficient (Wildman–Crippen LogP) is 4.71. The number of carbonyl (C=O) groups is 1. The zero-order chi connectivity index (χ0) is 14.6. The van der Waals surface area contributed by atoms with Gasteiger partial charge in [0.1, 0.15) is 0 Å². The van der Waals surface area contributed by atoms with E-state index in [9.17, 15) is 4.79 Å². The molecule has 0 bridgehead atoms. The van der Waals surface area contributed by atoms with Gasteiger partial charge in [-0.2, -0.15) is 0 Å². The van der Waals surface area contributed by atoms with Crippen molar-refractivity contribution in [3.05, 3.63) is 10.8 Å². The summed E-state index contributed by atoms with van der Waals surface area (Å²) in [7, 11) is -1.43. The molecule has 0 aromatic carbocycles. The third kappa shape index (κ3) is 4.20. The van der Waals surface area contributed by atoms with Crippen LogP contribution in [-0.4, -0.2) is 20.1 Å². The molecule has 1 saturated heterocycles. The summed E-state index contributed by atoms with van der Waals surface area (Å²) in [5.74, 6) is 0.368. The lowest BCUT2D eigenvalue weighted by Crippen LogP contribution is -2.39. The van der Waals surface area contributed by atoms with Gasteiger partial charge in [0.2, 0.25) is 0 Å². The summed E-state index contributed by atoms with van der Waals surface area (Å²) in [6, 6.07) is 2.68. The molecule has 1 rings (SSSR count). The Morgan fingerprint density at radius 1 is 1.05 bits per heavy atom. The van der Waals surface area contributed by atoms with Gasteiger partial charge in [-0.1, -0.05) is 56.9 Å². The summed E-state index contributed by atoms with van der Waals surface area (Å²) in [4.78, 5) is 12.2. The van der Waals surface area contributed by atoms with Gasteiger partial charge in [0.15, 0.2) is 0 Å². The monoisotopic (exact) mass is 282 g/mol. The van der Waals surface area contributed by atoms with Crippen LogP contribution >= 0.6 is 0 Å². The molecule has 0 radical (unpaired) electrons. The zero-order valence-electron chi connectivity index (χ0n) is 13.5. The van der Waals surface area contributed by atoms with E-state index in [0.717, 1.165) is 5.57 Å². The first-order valence-corrected chi connectivity index (χ1v) is 10.6. The largest absolute Gasteiger partial charge is 0.460 e. The van der Waals surface area contributed by atoms with E-state index in [4.69, 9.17) is 4.74 Å². The predicted molar refractivity (Wildman–Crippen MR) is 83.8 cm³/mol. The maximum Gasteiger partial charge on any atom is 0.333 e. The van der Waals surface area contributed by atoms with Crippen molar-refractivity contribution in [2.45, 2.75) is 78.6 Å². The van der Waals surface area contributed by atoms with Gasteiger partial charge in [0, 0.05) is 5.57 Å². The molecule has 3 heteroatoms. The second kappa shape index (κ2) is 6.73. The van der Waals surface area contributed by atoms with Crippen LogP contribution in [0.5, 0.6) is 0 Å². The lowest BCUT2D eigenvalue weighted by molar-refractivity contribution is -0.142. The van der Waals surface area contributed by atoms with E-state index in [1.54, 1.807) is 0 Å². The van der Waals surface area contributed by atoms with Crippen molar-refractivity contribution in [2.75, 3.05) is 0 Å². The Hall–Kier alpha value is -0.573. The van der Waals surface area contributed by atoms with Gasteiger partial charge in [-0.3, -0.25) is 0 Å². The summed E-state index contributed by atoms with van der Waals surface area (Å²) in [5.41, 5.74) is 0.903. The van der Waals surface area contributed by atoms with Crippen molar-refractivity contribution in [3.63, 3.8) is 0 Å². The van der Waals surface area contributed by atoms with E-state index in [0.29, 0.717) is 5.92 Å². The Kier molecular flexibility index (Phi) is 5.84. The van der Waals surface area contributed by atoms with Crippen molar-refractivity contribution in [2.24, 2.45) is 5.92 Å². The zero-order valence-corrected chi connectivity index (χ0v) is 14.5. The normalized spacial score (nSPS) is 20.4. The molecule has 1 heterocycles. The molecule has 1 aliphatic rings. The number of ether oxygens (including phenoxy) is 1. The highest BCUT2D eigenvalue weighted by atomic mass is 28.3. The number of hydrogen-bond acceptors (Lipinski definition) is 2. The number of carbonyl (C=O) groups excluding carboxylic acids is 1. The maximum absolute atomic E-state index is 12.2. The lowest BCUT2D eigenvalue weighted by Gasteiger charge is -2.37. The van der Waals surface area contributed by atoms with Crippen LogP contribution in [-0.2, 0) is 9.53 Å². The minimum absolute atomic E-state index is 0.0308. The van der Waals surface area contributed by atoms with Gasteiger partial charge in [-0.25, -0.2) is 4.79 Å². The second-order valence-corrected chi connectivity index (χ2v) is 11.4. The SMILES string of the molecule is CC(C(=O)OC(C)C)=C(C(C)C)[Si]1(C)CCCCC1. The minimum Gasteiger partial charge on any atom is -0.460 e. The molecule has 110 valence electrons. The van der Waals surface area contributed by atoms with Crippen LogP contribution in [0.2, 0.25) is 18.6 Å². The Labute approximate surface area is 119 Å². The average molecular weight is 282 g/mol. The molecule has 19 heavy (non-hydrogen) atoms. The highest BCUT2D eigenvalue weighted by Gasteiger charge is 2.37. The van der Waals surface area contributed by atoms with E-state index in [2.05, 4.69) is 20.4 Å². The van der Waals surface area contributed by atoms with E-state index < -0.39 is 8.07 Å². The van der Waals surface area contributed by atoms with Crippen molar-refractivity contribution in [1.82, 2.24) is 0 Å². The van der Waals surface area contributed by atoms with Gasteiger partial charge in [-0.15, -0.1) is 0 Å². The molecule has 0 aromatic rings. The number of hydrogen-bond donors (Lipinski definition) is 0. The molecule has 0 spiro atoms. The highest BCUT2D eigenvalue weighted by molar-refractivity contribution is 6.86. The van der Waals surface area contributed by atoms with Crippen LogP contribution in [0.1, 0.15) is 53.9 Å². The third-order valence-electron chi connectivity index (χ3n) is 4.24. The first kappa shape index (κ1) is 16.5. The summed E-state index contributed by atoms with van der Waals surface area (Å²) in [5, 5.41) is 1.46. The fourth-order valence-electron chi connectivity index (χ4n) is 3.60. The maximum atomic E-state index is 12.2. The van der Waals surface area contributed by atoms with Gasteiger partial charge in [0.05, 0.1) is 14.2 Å². The molecule has 0 amide bonds. The Bertz CT molecular complexity index is 350. The van der Waals surface area contributed by atoms with Crippen molar-refractivity contribution in [1.29, 1.82) is 0 Å². The number of esters is 1. The molecular formula is C16H30O2Si. The van der Waals surface area contributed by atoms with Crippen molar-refractivity contribution in [3.8, 4) is 0 Å². The van der Waals surface area contributed by atoms with E-state index >= 15 is 0 Å². The minimum atomic E-state index is -1.43. The smallest absolute Gasteiger partial charge is 0.333 e. The fourth-order valence-corrected chi connectivity index (χ4v) is 8.85. The molecule has 0 atom stereocenters. The fraction of sp³-hybridized carbons (Fsp3) is 0.812. The first-order chi connectivity index (χ1) is 8.78. The average Bonchev–Trinajstić information content (AvgIpc) is 2.27. The van der Waals surface area contributed by atoms with Gasteiger partial charge >= 0.3 is 5.97 Å². The van der Waals surface area contributed by atoms with Crippen molar-refractivity contribution >= 4 is 14.0 Å². The van der Waals surface area contributed by atoms with E-state index in [1.807, 2.05) is 20.8 Å². The van der Waals surface area contributed by atoms with Crippen LogP contribution in [0.15, 0.2) is 10.8 Å². The Morgan fingerprint density at radius 3 is 2.00 bits per heavy atom. The van der Waals surface area contributed by atoms with Crippen LogP contribution in [0.4, 0.5) is 0 Å². The van der Waals surface area contributed by atoms with Gasteiger partial charge in [-0.05, 0) is 26.7 Å². The van der Waals surface area contributed by atoms with E-state index in [-0.39, 0.29) is 12.1 Å².